The summed E-state index contributed by atoms with van der Waals surface area (Å²) in [6, 6.07) is 5.29. The van der Waals surface area contributed by atoms with Crippen LogP contribution < -0.4 is 10.5 Å². The van der Waals surface area contributed by atoms with Gasteiger partial charge in [-0.05, 0) is 32.0 Å². The maximum Gasteiger partial charge on any atom is 0.258 e. The van der Waals surface area contributed by atoms with Crippen molar-refractivity contribution >= 4 is 28.5 Å². The van der Waals surface area contributed by atoms with Crippen molar-refractivity contribution in [3.8, 4) is 0 Å². The smallest absolute Gasteiger partial charge is 0.258 e. The third-order valence-corrected chi connectivity index (χ3v) is 5.78. The molecule has 3 heterocycles. The molecule has 0 radical (unpaired) electrons. The standard InChI is InChI=1S/C20H25ClN6O/c1-14-13-22-20(25(14)2)27-11-9-26(10-12-27)8-4-7-17-23-18-15(19(28)24-17)5-3-6-16(18)21/h3,5-6,13H,4,7-12H2,1-2H3,(H,23,24,28). The average Bonchev–Trinajstić information content (AvgIpc) is 3.02. The number of anilines is 1. The number of imidazole rings is 1. The zero-order valence-electron chi connectivity index (χ0n) is 16.3. The fraction of sp³-hybridized carbons (Fsp3) is 0.450. The van der Waals surface area contributed by atoms with Crippen molar-refractivity contribution in [1.29, 1.82) is 0 Å². The third kappa shape index (κ3) is 3.77. The van der Waals surface area contributed by atoms with E-state index < -0.39 is 0 Å². The first-order valence-corrected chi connectivity index (χ1v) is 10.0. The highest BCUT2D eigenvalue weighted by Crippen LogP contribution is 2.19. The second-order valence-corrected chi connectivity index (χ2v) is 7.75. The first kappa shape index (κ1) is 19.0. The molecule has 7 nitrogen and oxygen atoms in total. The van der Waals surface area contributed by atoms with Gasteiger partial charge in [0.1, 0.15) is 5.82 Å². The number of para-hydroxylation sites is 1. The Hall–Kier alpha value is -2.38. The van der Waals surface area contributed by atoms with Crippen molar-refractivity contribution in [2.24, 2.45) is 7.05 Å². The monoisotopic (exact) mass is 400 g/mol. The van der Waals surface area contributed by atoms with Gasteiger partial charge in [0.2, 0.25) is 5.95 Å². The maximum atomic E-state index is 12.2. The maximum absolute atomic E-state index is 12.2. The van der Waals surface area contributed by atoms with Crippen molar-refractivity contribution < 1.29 is 0 Å². The zero-order valence-corrected chi connectivity index (χ0v) is 17.0. The first-order valence-electron chi connectivity index (χ1n) is 9.66. The van der Waals surface area contributed by atoms with Gasteiger partial charge in [-0.1, -0.05) is 17.7 Å². The van der Waals surface area contributed by atoms with E-state index in [-0.39, 0.29) is 5.56 Å². The van der Waals surface area contributed by atoms with Crippen LogP contribution in [0.3, 0.4) is 0 Å². The zero-order chi connectivity index (χ0) is 19.7. The van der Waals surface area contributed by atoms with E-state index >= 15 is 0 Å². The SMILES string of the molecule is Cc1cnc(N2CCN(CCCc3nc4c(Cl)cccc4c(=O)[nH]3)CC2)n1C. The van der Waals surface area contributed by atoms with Crippen LogP contribution in [-0.2, 0) is 13.5 Å². The number of nitrogens with zero attached hydrogens (tertiary/aromatic N) is 5. The molecule has 0 saturated carbocycles. The Kier molecular flexibility index (Phi) is 5.37. The summed E-state index contributed by atoms with van der Waals surface area (Å²) in [6.07, 6.45) is 3.60. The summed E-state index contributed by atoms with van der Waals surface area (Å²) in [5, 5.41) is 1.06. The highest BCUT2D eigenvalue weighted by Gasteiger charge is 2.20. The van der Waals surface area contributed by atoms with Crippen molar-refractivity contribution in [2.75, 3.05) is 37.6 Å². The van der Waals surface area contributed by atoms with Crippen molar-refractivity contribution in [1.82, 2.24) is 24.4 Å². The van der Waals surface area contributed by atoms with E-state index in [9.17, 15) is 4.79 Å². The van der Waals surface area contributed by atoms with Crippen LogP contribution in [-0.4, -0.2) is 57.1 Å². The van der Waals surface area contributed by atoms with E-state index in [4.69, 9.17) is 11.6 Å². The van der Waals surface area contributed by atoms with Gasteiger partial charge in [0.05, 0.1) is 22.1 Å². The van der Waals surface area contributed by atoms with Crippen LogP contribution >= 0.6 is 11.6 Å². The third-order valence-electron chi connectivity index (χ3n) is 5.47. The van der Waals surface area contributed by atoms with Crippen molar-refractivity contribution in [3.63, 3.8) is 0 Å². The number of aromatic nitrogens is 4. The fourth-order valence-corrected chi connectivity index (χ4v) is 3.93. The molecule has 1 fully saturated rings. The second kappa shape index (κ2) is 7.93. The molecule has 0 amide bonds. The first-order chi connectivity index (χ1) is 13.5. The number of benzene rings is 1. The number of hydrogen-bond donors (Lipinski definition) is 1. The Labute approximate surface area is 169 Å². The molecule has 1 saturated heterocycles. The molecule has 0 spiro atoms. The number of rotatable bonds is 5. The molecule has 0 aliphatic carbocycles. The number of piperazine rings is 1. The van der Waals surface area contributed by atoms with E-state index in [1.54, 1.807) is 18.2 Å². The molecule has 0 bridgehead atoms. The van der Waals surface area contributed by atoms with E-state index in [1.165, 1.54) is 5.69 Å². The fourth-order valence-electron chi connectivity index (χ4n) is 3.71. The van der Waals surface area contributed by atoms with Crippen molar-refractivity contribution in [2.45, 2.75) is 19.8 Å². The number of aromatic amines is 1. The molecule has 0 atom stereocenters. The lowest BCUT2D eigenvalue weighted by Crippen LogP contribution is -2.47. The van der Waals surface area contributed by atoms with Crippen LogP contribution in [0.4, 0.5) is 5.95 Å². The highest BCUT2D eigenvalue weighted by atomic mass is 35.5. The van der Waals surface area contributed by atoms with Gasteiger partial charge in [-0.2, -0.15) is 0 Å². The number of hydrogen-bond acceptors (Lipinski definition) is 5. The predicted octanol–water partition coefficient (Wildman–Crippen LogP) is 2.37. The quantitative estimate of drug-likeness (QED) is 0.712. The molecule has 1 aromatic carbocycles. The number of halogens is 1. The van der Waals surface area contributed by atoms with Crippen LogP contribution in [0.1, 0.15) is 17.9 Å². The van der Waals surface area contributed by atoms with Gasteiger partial charge in [0, 0.05) is 45.3 Å². The van der Waals surface area contributed by atoms with Crippen LogP contribution in [0.25, 0.3) is 10.9 Å². The van der Waals surface area contributed by atoms with Gasteiger partial charge >= 0.3 is 0 Å². The van der Waals surface area contributed by atoms with Crippen LogP contribution in [0.2, 0.25) is 5.02 Å². The topological polar surface area (TPSA) is 70.1 Å². The summed E-state index contributed by atoms with van der Waals surface area (Å²) in [4.78, 5) is 29.0. The Bertz CT molecular complexity index is 1030. The lowest BCUT2D eigenvalue weighted by atomic mass is 10.2. The van der Waals surface area contributed by atoms with Crippen LogP contribution in [0, 0.1) is 6.92 Å². The van der Waals surface area contributed by atoms with E-state index in [1.807, 2.05) is 6.20 Å². The molecule has 0 unspecified atom stereocenters. The lowest BCUT2D eigenvalue weighted by Gasteiger charge is -2.35. The minimum Gasteiger partial charge on any atom is -0.340 e. The molecule has 4 rings (SSSR count). The van der Waals surface area contributed by atoms with E-state index in [0.29, 0.717) is 21.7 Å². The summed E-state index contributed by atoms with van der Waals surface area (Å²) in [5.41, 5.74) is 1.64. The average molecular weight is 401 g/mol. The molecule has 28 heavy (non-hydrogen) atoms. The Morgan fingerprint density at radius 1 is 1.21 bits per heavy atom. The van der Waals surface area contributed by atoms with E-state index in [2.05, 4.69) is 43.3 Å². The molecule has 148 valence electrons. The summed E-state index contributed by atoms with van der Waals surface area (Å²) in [5.74, 6) is 1.75. The summed E-state index contributed by atoms with van der Waals surface area (Å²) < 4.78 is 2.14. The molecule has 1 aliphatic heterocycles. The number of fused-ring (bicyclic) bond motifs is 1. The van der Waals surface area contributed by atoms with Crippen molar-refractivity contribution in [3.05, 3.63) is 51.3 Å². The van der Waals surface area contributed by atoms with Gasteiger partial charge in [-0.3, -0.25) is 9.69 Å². The second-order valence-electron chi connectivity index (χ2n) is 7.34. The molecule has 8 heteroatoms. The summed E-state index contributed by atoms with van der Waals surface area (Å²) in [7, 11) is 2.06. The van der Waals surface area contributed by atoms with Gasteiger partial charge in [0.25, 0.3) is 5.56 Å². The molecule has 1 N–H and O–H groups in total. The van der Waals surface area contributed by atoms with Gasteiger partial charge < -0.3 is 14.5 Å². The lowest BCUT2D eigenvalue weighted by molar-refractivity contribution is 0.253. The van der Waals surface area contributed by atoms with Crippen LogP contribution in [0.15, 0.2) is 29.2 Å². The minimum atomic E-state index is -0.124. The summed E-state index contributed by atoms with van der Waals surface area (Å²) in [6.45, 7) is 7.04. The van der Waals surface area contributed by atoms with E-state index in [0.717, 1.165) is 51.5 Å². The largest absolute Gasteiger partial charge is 0.340 e. The molecular formula is C20H25ClN6O. The number of H-pyrrole nitrogens is 1. The van der Waals surface area contributed by atoms with Gasteiger partial charge in [-0.15, -0.1) is 0 Å². The van der Waals surface area contributed by atoms with Gasteiger partial charge in [0.15, 0.2) is 0 Å². The highest BCUT2D eigenvalue weighted by molar-refractivity contribution is 6.34. The Morgan fingerprint density at radius 3 is 2.71 bits per heavy atom. The molecule has 1 aliphatic rings. The number of nitrogens with one attached hydrogen (secondary N) is 1. The Balaban J connectivity index is 1.32. The molecule has 2 aromatic heterocycles. The number of aryl methyl sites for hydroxylation is 2. The molecular weight excluding hydrogens is 376 g/mol. The van der Waals surface area contributed by atoms with Crippen LogP contribution in [0.5, 0.6) is 0 Å². The molecule has 3 aromatic rings. The predicted molar refractivity (Wildman–Crippen MR) is 112 cm³/mol. The summed E-state index contributed by atoms with van der Waals surface area (Å²) >= 11 is 6.20. The minimum absolute atomic E-state index is 0.124. The Morgan fingerprint density at radius 2 is 2.00 bits per heavy atom. The normalized spacial score (nSPS) is 15.5. The van der Waals surface area contributed by atoms with Gasteiger partial charge in [-0.25, -0.2) is 9.97 Å².